The van der Waals surface area contributed by atoms with Gasteiger partial charge in [0.05, 0.1) is 18.4 Å². The summed E-state index contributed by atoms with van der Waals surface area (Å²) in [4.78, 5) is 14.3. The van der Waals surface area contributed by atoms with E-state index in [-0.39, 0.29) is 5.91 Å². The van der Waals surface area contributed by atoms with E-state index in [1.165, 1.54) is 6.20 Å². The molecule has 6 heteroatoms. The van der Waals surface area contributed by atoms with Gasteiger partial charge in [0.15, 0.2) is 5.82 Å². The first-order valence-corrected chi connectivity index (χ1v) is 7.33. The van der Waals surface area contributed by atoms with Gasteiger partial charge in [0.1, 0.15) is 11.6 Å². The van der Waals surface area contributed by atoms with Gasteiger partial charge in [-0.25, -0.2) is 4.68 Å². The zero-order chi connectivity index (χ0) is 15.4. The molecule has 0 spiro atoms. The Hall–Kier alpha value is -2.65. The van der Waals surface area contributed by atoms with E-state index >= 15 is 0 Å². The molecule has 2 aromatic rings. The molecule has 1 aliphatic heterocycles. The normalized spacial score (nSPS) is 14.7. The van der Waals surface area contributed by atoms with Gasteiger partial charge in [-0.2, -0.15) is 10.4 Å². The molecule has 1 aromatic carbocycles. The SMILES string of the molecule is N#Cc1cnn(-c2ccccc2)c1NC(=O)CN1CCCC1. The lowest BCUT2D eigenvalue weighted by Gasteiger charge is -2.15. The van der Waals surface area contributed by atoms with Crippen LogP contribution in [-0.2, 0) is 4.79 Å². The molecular weight excluding hydrogens is 278 g/mol. The molecular formula is C16H17N5O. The second-order valence-electron chi connectivity index (χ2n) is 5.30. The number of nitriles is 1. The van der Waals surface area contributed by atoms with Crippen molar-refractivity contribution in [3.63, 3.8) is 0 Å². The van der Waals surface area contributed by atoms with Crippen molar-refractivity contribution >= 4 is 11.7 Å². The third-order valence-electron chi connectivity index (χ3n) is 3.71. The summed E-state index contributed by atoms with van der Waals surface area (Å²) in [6.45, 7) is 2.26. The lowest BCUT2D eigenvalue weighted by molar-refractivity contribution is -0.117. The first-order valence-electron chi connectivity index (χ1n) is 7.33. The lowest BCUT2D eigenvalue weighted by atomic mass is 10.3. The molecule has 1 amide bonds. The number of anilines is 1. The Morgan fingerprint density at radius 1 is 1.27 bits per heavy atom. The molecule has 0 atom stereocenters. The van der Waals surface area contributed by atoms with Gasteiger partial charge in [0.2, 0.25) is 5.91 Å². The molecule has 112 valence electrons. The summed E-state index contributed by atoms with van der Waals surface area (Å²) in [5.74, 6) is 0.314. The Labute approximate surface area is 129 Å². The first kappa shape index (κ1) is 14.3. The molecule has 0 aliphatic carbocycles. The number of hydrogen-bond donors (Lipinski definition) is 1. The molecule has 0 saturated carbocycles. The van der Waals surface area contributed by atoms with E-state index in [4.69, 9.17) is 0 Å². The first-order chi connectivity index (χ1) is 10.8. The van der Waals surface area contributed by atoms with Crippen LogP contribution in [0.2, 0.25) is 0 Å². The average Bonchev–Trinajstić information content (AvgIpc) is 3.17. The lowest BCUT2D eigenvalue weighted by Crippen LogP contribution is -2.31. The topological polar surface area (TPSA) is 74.0 Å². The summed E-state index contributed by atoms with van der Waals surface area (Å²) < 4.78 is 1.58. The van der Waals surface area contributed by atoms with E-state index in [9.17, 15) is 10.1 Å². The molecule has 0 bridgehead atoms. The van der Waals surface area contributed by atoms with Crippen molar-refractivity contribution in [2.45, 2.75) is 12.8 Å². The number of nitrogens with zero attached hydrogens (tertiary/aromatic N) is 4. The third kappa shape index (κ3) is 3.00. The van der Waals surface area contributed by atoms with Crippen molar-refractivity contribution in [3.8, 4) is 11.8 Å². The van der Waals surface area contributed by atoms with E-state index in [0.717, 1.165) is 31.6 Å². The van der Waals surface area contributed by atoms with Crippen LogP contribution in [0.15, 0.2) is 36.5 Å². The van der Waals surface area contributed by atoms with Crippen molar-refractivity contribution in [2.75, 3.05) is 25.0 Å². The monoisotopic (exact) mass is 295 g/mol. The number of benzene rings is 1. The maximum atomic E-state index is 12.2. The quantitative estimate of drug-likeness (QED) is 0.933. The van der Waals surface area contributed by atoms with Crippen LogP contribution >= 0.6 is 0 Å². The van der Waals surface area contributed by atoms with Crippen molar-refractivity contribution in [3.05, 3.63) is 42.1 Å². The fourth-order valence-corrected chi connectivity index (χ4v) is 2.63. The fraction of sp³-hybridized carbons (Fsp3) is 0.312. The summed E-state index contributed by atoms with van der Waals surface area (Å²) in [7, 11) is 0. The van der Waals surface area contributed by atoms with Gasteiger partial charge in [-0.05, 0) is 38.1 Å². The van der Waals surface area contributed by atoms with Gasteiger partial charge in [-0.3, -0.25) is 9.69 Å². The van der Waals surface area contributed by atoms with Gasteiger partial charge in [-0.1, -0.05) is 18.2 Å². The summed E-state index contributed by atoms with van der Waals surface area (Å²) >= 11 is 0. The van der Waals surface area contributed by atoms with Crippen molar-refractivity contribution in [1.82, 2.24) is 14.7 Å². The maximum absolute atomic E-state index is 12.2. The van der Waals surface area contributed by atoms with Gasteiger partial charge in [0, 0.05) is 0 Å². The standard InChI is InChI=1S/C16H17N5O/c17-10-13-11-18-21(14-6-2-1-3-7-14)16(13)19-15(22)12-20-8-4-5-9-20/h1-3,6-7,11H,4-5,8-9,12H2,(H,19,22). The second-order valence-corrected chi connectivity index (χ2v) is 5.30. The predicted molar refractivity (Wildman–Crippen MR) is 82.6 cm³/mol. The minimum Gasteiger partial charge on any atom is -0.308 e. The predicted octanol–water partition coefficient (Wildman–Crippen LogP) is 1.78. The van der Waals surface area contributed by atoms with E-state index in [1.807, 2.05) is 30.3 Å². The molecule has 1 saturated heterocycles. The smallest absolute Gasteiger partial charge is 0.239 e. The maximum Gasteiger partial charge on any atom is 0.239 e. The molecule has 3 rings (SSSR count). The highest BCUT2D eigenvalue weighted by Crippen LogP contribution is 2.19. The number of nitrogens with one attached hydrogen (secondary N) is 1. The van der Waals surface area contributed by atoms with Gasteiger partial charge < -0.3 is 5.32 Å². The number of likely N-dealkylation sites (tertiary alicyclic amines) is 1. The molecule has 0 radical (unpaired) electrons. The van der Waals surface area contributed by atoms with Crippen LogP contribution in [0.5, 0.6) is 0 Å². The van der Waals surface area contributed by atoms with E-state index in [2.05, 4.69) is 21.4 Å². The highest BCUT2D eigenvalue weighted by molar-refractivity contribution is 5.93. The van der Waals surface area contributed by atoms with Crippen LogP contribution in [0.3, 0.4) is 0 Å². The van der Waals surface area contributed by atoms with E-state index < -0.39 is 0 Å². The fourth-order valence-electron chi connectivity index (χ4n) is 2.63. The highest BCUT2D eigenvalue weighted by Gasteiger charge is 2.18. The average molecular weight is 295 g/mol. The third-order valence-corrected chi connectivity index (χ3v) is 3.71. The summed E-state index contributed by atoms with van der Waals surface area (Å²) in [6.07, 6.45) is 3.75. The molecule has 1 N–H and O–H groups in total. The number of rotatable bonds is 4. The van der Waals surface area contributed by atoms with Crippen molar-refractivity contribution in [2.24, 2.45) is 0 Å². The number of carbonyl (C=O) groups excluding carboxylic acids is 1. The number of amides is 1. The van der Waals surface area contributed by atoms with Gasteiger partial charge >= 0.3 is 0 Å². The molecule has 0 unspecified atom stereocenters. The molecule has 22 heavy (non-hydrogen) atoms. The number of aromatic nitrogens is 2. The Bertz CT molecular complexity index is 695. The Morgan fingerprint density at radius 2 is 2.00 bits per heavy atom. The molecule has 1 fully saturated rings. The molecule has 6 nitrogen and oxygen atoms in total. The van der Waals surface area contributed by atoms with Crippen LogP contribution in [0, 0.1) is 11.3 Å². The molecule has 1 aromatic heterocycles. The largest absolute Gasteiger partial charge is 0.308 e. The van der Waals surface area contributed by atoms with Gasteiger partial charge in [-0.15, -0.1) is 0 Å². The summed E-state index contributed by atoms with van der Waals surface area (Å²) in [6, 6.07) is 11.5. The Morgan fingerprint density at radius 3 is 2.68 bits per heavy atom. The Balaban J connectivity index is 1.81. The van der Waals surface area contributed by atoms with Crippen LogP contribution in [-0.4, -0.2) is 40.2 Å². The molecule has 2 heterocycles. The minimum absolute atomic E-state index is 0.115. The number of para-hydroxylation sites is 1. The van der Waals surface area contributed by atoms with Gasteiger partial charge in [0.25, 0.3) is 0 Å². The highest BCUT2D eigenvalue weighted by atomic mass is 16.2. The Kier molecular flexibility index (Phi) is 4.17. The molecule has 1 aliphatic rings. The zero-order valence-corrected chi connectivity index (χ0v) is 12.2. The van der Waals surface area contributed by atoms with E-state index in [0.29, 0.717) is 17.9 Å². The van der Waals surface area contributed by atoms with Crippen LogP contribution < -0.4 is 5.32 Å². The van der Waals surface area contributed by atoms with Crippen LogP contribution in [0.4, 0.5) is 5.82 Å². The minimum atomic E-state index is -0.115. The van der Waals surface area contributed by atoms with Crippen molar-refractivity contribution in [1.29, 1.82) is 5.26 Å². The number of hydrogen-bond acceptors (Lipinski definition) is 4. The van der Waals surface area contributed by atoms with Crippen LogP contribution in [0.25, 0.3) is 5.69 Å². The van der Waals surface area contributed by atoms with E-state index in [1.54, 1.807) is 4.68 Å². The van der Waals surface area contributed by atoms with Crippen LogP contribution in [0.1, 0.15) is 18.4 Å². The van der Waals surface area contributed by atoms with Crippen molar-refractivity contribution < 1.29 is 4.79 Å². The summed E-state index contributed by atoms with van der Waals surface area (Å²) in [5, 5.41) is 16.3. The second kappa shape index (κ2) is 6.41. The zero-order valence-electron chi connectivity index (χ0n) is 12.2. The number of carbonyl (C=O) groups is 1. The summed E-state index contributed by atoms with van der Waals surface area (Å²) in [5.41, 5.74) is 1.17.